The van der Waals surface area contributed by atoms with Crippen molar-refractivity contribution in [3.05, 3.63) is 53.1 Å². The van der Waals surface area contributed by atoms with E-state index in [4.69, 9.17) is 9.15 Å². The number of benzene rings is 2. The maximum Gasteiger partial charge on any atom is 0.342 e. The number of phenolic OH excluding ortho intramolecular Hbond substituents is 1. The van der Waals surface area contributed by atoms with Crippen LogP contribution in [0.5, 0.6) is 5.75 Å². The lowest BCUT2D eigenvalue weighted by Crippen LogP contribution is -2.05. The zero-order chi connectivity index (χ0) is 16.6. The first-order valence-corrected chi connectivity index (χ1v) is 7.52. The molecular weight excluding hydrogens is 292 g/mol. The van der Waals surface area contributed by atoms with Gasteiger partial charge in [0.15, 0.2) is 0 Å². The van der Waals surface area contributed by atoms with Crippen LogP contribution < -0.4 is 0 Å². The zero-order valence-electron chi connectivity index (χ0n) is 13.3. The summed E-state index contributed by atoms with van der Waals surface area (Å²) in [6, 6.07) is 11.1. The van der Waals surface area contributed by atoms with Crippen molar-refractivity contribution >= 4 is 16.9 Å². The zero-order valence-corrected chi connectivity index (χ0v) is 13.3. The lowest BCUT2D eigenvalue weighted by Gasteiger charge is -2.06. The van der Waals surface area contributed by atoms with Gasteiger partial charge in [-0.2, -0.15) is 0 Å². The summed E-state index contributed by atoms with van der Waals surface area (Å²) in [5.41, 5.74) is 3.15. The Morgan fingerprint density at radius 3 is 2.57 bits per heavy atom. The van der Waals surface area contributed by atoms with Crippen molar-refractivity contribution in [2.24, 2.45) is 0 Å². The molecule has 0 fully saturated rings. The summed E-state index contributed by atoms with van der Waals surface area (Å²) in [7, 11) is 0. The lowest BCUT2D eigenvalue weighted by atomic mass is 10.00. The van der Waals surface area contributed by atoms with Crippen molar-refractivity contribution in [3.8, 4) is 17.1 Å². The second-order valence-electron chi connectivity index (χ2n) is 5.43. The van der Waals surface area contributed by atoms with E-state index in [2.05, 4.69) is 0 Å². The van der Waals surface area contributed by atoms with Gasteiger partial charge in [0.2, 0.25) is 0 Å². The molecule has 0 aliphatic rings. The van der Waals surface area contributed by atoms with Crippen LogP contribution in [0.15, 0.2) is 40.8 Å². The van der Waals surface area contributed by atoms with E-state index in [0.29, 0.717) is 27.9 Å². The molecule has 1 heterocycles. The molecule has 0 unspecified atom stereocenters. The van der Waals surface area contributed by atoms with Crippen molar-refractivity contribution in [1.82, 2.24) is 0 Å². The third-order valence-electron chi connectivity index (χ3n) is 3.89. The fraction of sp³-hybridized carbons (Fsp3) is 0.211. The summed E-state index contributed by atoms with van der Waals surface area (Å²) >= 11 is 0. The van der Waals surface area contributed by atoms with Crippen molar-refractivity contribution < 1.29 is 19.1 Å². The molecule has 0 spiro atoms. The third-order valence-corrected chi connectivity index (χ3v) is 3.89. The number of rotatable bonds is 3. The molecule has 0 atom stereocenters. The van der Waals surface area contributed by atoms with Crippen LogP contribution in [-0.4, -0.2) is 17.7 Å². The standard InChI is InChI=1S/C19H18O4/c1-4-22-19(21)16-15-12(3)14(20)10-11(2)17(15)23-18(16)13-8-6-5-7-9-13/h5-10,20H,4H2,1-3H3. The molecule has 0 saturated heterocycles. The van der Waals surface area contributed by atoms with Crippen molar-refractivity contribution in [2.45, 2.75) is 20.8 Å². The Balaban J connectivity index is 2.40. The molecule has 1 N–H and O–H groups in total. The number of phenols is 1. The highest BCUT2D eigenvalue weighted by Gasteiger charge is 2.26. The van der Waals surface area contributed by atoms with Gasteiger partial charge in [0.05, 0.1) is 6.61 Å². The number of fused-ring (bicyclic) bond motifs is 1. The predicted octanol–water partition coefficient (Wildman–Crippen LogP) is 4.60. The first-order chi connectivity index (χ1) is 11.0. The average Bonchev–Trinajstić information content (AvgIpc) is 2.95. The van der Waals surface area contributed by atoms with Crippen LogP contribution in [0, 0.1) is 13.8 Å². The van der Waals surface area contributed by atoms with E-state index < -0.39 is 5.97 Å². The number of furan rings is 1. The van der Waals surface area contributed by atoms with Crippen LogP contribution in [0.3, 0.4) is 0 Å². The Bertz CT molecular complexity index is 876. The molecule has 0 aliphatic heterocycles. The molecule has 0 aliphatic carbocycles. The summed E-state index contributed by atoms with van der Waals surface area (Å²) in [5.74, 6) is 0.162. The maximum absolute atomic E-state index is 12.5. The molecule has 3 rings (SSSR count). The number of carbonyl (C=O) groups is 1. The van der Waals surface area contributed by atoms with Crippen LogP contribution in [0.25, 0.3) is 22.3 Å². The van der Waals surface area contributed by atoms with Crippen LogP contribution >= 0.6 is 0 Å². The Morgan fingerprint density at radius 1 is 1.22 bits per heavy atom. The summed E-state index contributed by atoms with van der Waals surface area (Å²) in [4.78, 5) is 12.5. The number of carbonyl (C=O) groups excluding carboxylic acids is 1. The number of hydrogen-bond donors (Lipinski definition) is 1. The van der Waals surface area contributed by atoms with Crippen LogP contribution in [-0.2, 0) is 4.74 Å². The first kappa shape index (κ1) is 15.2. The fourth-order valence-corrected chi connectivity index (χ4v) is 2.76. The Hall–Kier alpha value is -2.75. The predicted molar refractivity (Wildman–Crippen MR) is 88.7 cm³/mol. The van der Waals surface area contributed by atoms with Gasteiger partial charge in [-0.25, -0.2) is 4.79 Å². The van der Waals surface area contributed by atoms with Crippen LogP contribution in [0.1, 0.15) is 28.4 Å². The SMILES string of the molecule is CCOC(=O)c1c(-c2ccccc2)oc2c(C)cc(O)c(C)c12. The van der Waals surface area contributed by atoms with Crippen molar-refractivity contribution in [1.29, 1.82) is 0 Å². The number of hydrogen-bond acceptors (Lipinski definition) is 4. The summed E-state index contributed by atoms with van der Waals surface area (Å²) in [5, 5.41) is 10.7. The Morgan fingerprint density at radius 2 is 1.91 bits per heavy atom. The number of esters is 1. The van der Waals surface area contributed by atoms with Gasteiger partial charge in [-0.05, 0) is 32.4 Å². The van der Waals surface area contributed by atoms with Crippen LogP contribution in [0.4, 0.5) is 0 Å². The summed E-state index contributed by atoms with van der Waals surface area (Å²) in [6.45, 7) is 5.65. The maximum atomic E-state index is 12.5. The van der Waals surface area contributed by atoms with Gasteiger partial charge >= 0.3 is 5.97 Å². The molecule has 0 radical (unpaired) electrons. The van der Waals surface area contributed by atoms with E-state index in [1.165, 1.54) is 0 Å². The number of ether oxygens (including phenoxy) is 1. The smallest absolute Gasteiger partial charge is 0.342 e. The van der Waals surface area contributed by atoms with Gasteiger partial charge in [-0.3, -0.25) is 0 Å². The van der Waals surface area contributed by atoms with E-state index in [-0.39, 0.29) is 12.4 Å². The third kappa shape index (κ3) is 2.46. The Kier molecular flexibility index (Phi) is 3.82. The summed E-state index contributed by atoms with van der Waals surface area (Å²) < 4.78 is 11.2. The molecule has 23 heavy (non-hydrogen) atoms. The van der Waals surface area contributed by atoms with Gasteiger partial charge < -0.3 is 14.3 Å². The molecule has 0 amide bonds. The van der Waals surface area contributed by atoms with Crippen molar-refractivity contribution in [3.63, 3.8) is 0 Å². The molecule has 118 valence electrons. The summed E-state index contributed by atoms with van der Waals surface area (Å²) in [6.07, 6.45) is 0. The molecule has 0 bridgehead atoms. The van der Waals surface area contributed by atoms with Gasteiger partial charge in [0.1, 0.15) is 22.7 Å². The van der Waals surface area contributed by atoms with E-state index in [0.717, 1.165) is 11.1 Å². The van der Waals surface area contributed by atoms with Gasteiger partial charge in [-0.1, -0.05) is 30.3 Å². The quantitative estimate of drug-likeness (QED) is 0.718. The Labute approximate surface area is 134 Å². The molecular formula is C19H18O4. The highest BCUT2D eigenvalue weighted by molar-refractivity contribution is 6.11. The molecule has 4 heteroatoms. The average molecular weight is 310 g/mol. The fourth-order valence-electron chi connectivity index (χ4n) is 2.76. The largest absolute Gasteiger partial charge is 0.508 e. The van der Waals surface area contributed by atoms with Gasteiger partial charge in [0.25, 0.3) is 0 Å². The van der Waals surface area contributed by atoms with E-state index in [9.17, 15) is 9.90 Å². The molecule has 2 aromatic carbocycles. The van der Waals surface area contributed by atoms with E-state index in [1.807, 2.05) is 37.3 Å². The number of aromatic hydroxyl groups is 1. The lowest BCUT2D eigenvalue weighted by molar-refractivity contribution is 0.0528. The van der Waals surface area contributed by atoms with E-state index >= 15 is 0 Å². The highest BCUT2D eigenvalue weighted by Crippen LogP contribution is 2.40. The topological polar surface area (TPSA) is 59.7 Å². The minimum Gasteiger partial charge on any atom is -0.508 e. The molecule has 4 nitrogen and oxygen atoms in total. The monoisotopic (exact) mass is 310 g/mol. The number of aryl methyl sites for hydroxylation is 2. The minimum atomic E-state index is -0.446. The minimum absolute atomic E-state index is 0.140. The second kappa shape index (κ2) is 5.80. The van der Waals surface area contributed by atoms with Crippen LogP contribution in [0.2, 0.25) is 0 Å². The normalized spacial score (nSPS) is 10.9. The second-order valence-corrected chi connectivity index (χ2v) is 5.43. The molecule has 3 aromatic rings. The van der Waals surface area contributed by atoms with Gasteiger partial charge in [-0.15, -0.1) is 0 Å². The van der Waals surface area contributed by atoms with Crippen molar-refractivity contribution in [2.75, 3.05) is 6.61 Å². The highest BCUT2D eigenvalue weighted by atomic mass is 16.5. The molecule has 0 saturated carbocycles. The first-order valence-electron chi connectivity index (χ1n) is 7.52. The molecule has 1 aromatic heterocycles. The van der Waals surface area contributed by atoms with Gasteiger partial charge in [0, 0.05) is 16.5 Å². The van der Waals surface area contributed by atoms with E-state index in [1.54, 1.807) is 19.9 Å².